The fourth-order valence-corrected chi connectivity index (χ4v) is 5.92. The molecule has 0 bridgehead atoms. The molecule has 184 valence electrons. The van der Waals surface area contributed by atoms with Crippen molar-refractivity contribution in [2.45, 2.75) is 136 Å². The quantitative estimate of drug-likeness (QED) is 0.200. The van der Waals surface area contributed by atoms with Gasteiger partial charge in [0.25, 0.3) is 0 Å². The number of hydrogen-bond donors (Lipinski definition) is 0. The maximum atomic E-state index is 2.76. The summed E-state index contributed by atoms with van der Waals surface area (Å²) < 4.78 is 0. The number of hydrogen-bond acceptors (Lipinski definition) is 2. The van der Waals surface area contributed by atoms with Gasteiger partial charge in [0.05, 0.1) is 0 Å². The Hall–Kier alpha value is -0.0800. The minimum Gasteiger partial charge on any atom is -0.303 e. The van der Waals surface area contributed by atoms with Crippen molar-refractivity contribution in [1.82, 2.24) is 9.80 Å². The zero-order valence-electron chi connectivity index (χ0n) is 21.7. The van der Waals surface area contributed by atoms with E-state index in [9.17, 15) is 0 Å². The molecule has 0 saturated carbocycles. The summed E-state index contributed by atoms with van der Waals surface area (Å²) in [4.78, 5) is 5.52. The average Bonchev–Trinajstić information content (AvgIpc) is 2.80. The molecule has 2 rings (SSSR count). The summed E-state index contributed by atoms with van der Waals surface area (Å²) in [7, 11) is 0. The first-order chi connectivity index (χ1) is 15.3. The molecule has 2 fully saturated rings. The summed E-state index contributed by atoms with van der Waals surface area (Å²) in [5.74, 6) is 2.07. The Morgan fingerprint density at radius 2 is 0.806 bits per heavy atom. The fraction of sp³-hybridized carbons (Fsp3) is 1.00. The van der Waals surface area contributed by atoms with Gasteiger partial charge in [0.1, 0.15) is 0 Å². The summed E-state index contributed by atoms with van der Waals surface area (Å²) in [6.45, 7) is 12.9. The normalized spacial score (nSPS) is 19.9. The Labute approximate surface area is 196 Å². The van der Waals surface area contributed by atoms with Gasteiger partial charge in [0, 0.05) is 0 Å². The van der Waals surface area contributed by atoms with Crippen molar-refractivity contribution in [3.05, 3.63) is 0 Å². The maximum Gasteiger partial charge on any atom is -0.00161 e. The Balaban J connectivity index is 1.39. The summed E-state index contributed by atoms with van der Waals surface area (Å²) >= 11 is 0. The second-order valence-electron chi connectivity index (χ2n) is 11.0. The molecule has 0 aliphatic carbocycles. The standard InChI is InChI=1S/C29H58N2/c1-3-5-7-9-11-13-22-30-24-18-28(19-25-30)16-15-17-29-20-26-31(27-21-29)23-14-12-10-8-6-4-2/h28-29H,3-27H2,1-2H3. The average molecular weight is 435 g/mol. The highest BCUT2D eigenvalue weighted by Gasteiger charge is 2.21. The van der Waals surface area contributed by atoms with E-state index in [0.717, 1.165) is 11.8 Å². The zero-order valence-corrected chi connectivity index (χ0v) is 21.7. The third-order valence-corrected chi connectivity index (χ3v) is 8.29. The number of piperidine rings is 2. The Morgan fingerprint density at radius 3 is 1.19 bits per heavy atom. The first kappa shape index (κ1) is 27.2. The maximum absolute atomic E-state index is 2.76. The van der Waals surface area contributed by atoms with E-state index in [1.807, 2.05) is 0 Å². The van der Waals surface area contributed by atoms with Crippen LogP contribution in [0.15, 0.2) is 0 Å². The highest BCUT2D eigenvalue weighted by Crippen LogP contribution is 2.27. The zero-order chi connectivity index (χ0) is 22.0. The van der Waals surface area contributed by atoms with Gasteiger partial charge in [0.2, 0.25) is 0 Å². The second kappa shape index (κ2) is 18.4. The van der Waals surface area contributed by atoms with Crippen LogP contribution in [0.2, 0.25) is 0 Å². The first-order valence-corrected chi connectivity index (χ1v) is 14.8. The van der Waals surface area contributed by atoms with Crippen LogP contribution in [0.4, 0.5) is 0 Å². The smallest absolute Gasteiger partial charge is 0.00161 e. The number of nitrogens with zero attached hydrogens (tertiary/aromatic N) is 2. The van der Waals surface area contributed by atoms with Crippen LogP contribution >= 0.6 is 0 Å². The van der Waals surface area contributed by atoms with Crippen molar-refractivity contribution in [1.29, 1.82) is 0 Å². The highest BCUT2D eigenvalue weighted by molar-refractivity contribution is 4.75. The van der Waals surface area contributed by atoms with Crippen molar-refractivity contribution in [2.24, 2.45) is 11.8 Å². The Kier molecular flexibility index (Phi) is 16.1. The molecule has 2 heterocycles. The van der Waals surface area contributed by atoms with Crippen LogP contribution in [0, 0.1) is 11.8 Å². The fourth-order valence-electron chi connectivity index (χ4n) is 5.92. The van der Waals surface area contributed by atoms with Gasteiger partial charge >= 0.3 is 0 Å². The van der Waals surface area contributed by atoms with E-state index >= 15 is 0 Å². The predicted molar refractivity (Wildman–Crippen MR) is 139 cm³/mol. The summed E-state index contributed by atoms with van der Waals surface area (Å²) in [6.07, 6.45) is 27.7. The van der Waals surface area contributed by atoms with Crippen LogP contribution < -0.4 is 0 Å². The monoisotopic (exact) mass is 434 g/mol. The summed E-state index contributed by atoms with van der Waals surface area (Å²) in [5.41, 5.74) is 0. The van der Waals surface area contributed by atoms with Gasteiger partial charge < -0.3 is 9.80 Å². The minimum absolute atomic E-state index is 1.04. The van der Waals surface area contributed by atoms with Crippen molar-refractivity contribution in [3.63, 3.8) is 0 Å². The van der Waals surface area contributed by atoms with Crippen LogP contribution in [0.25, 0.3) is 0 Å². The molecule has 2 heteroatoms. The number of rotatable bonds is 18. The molecule has 0 spiro atoms. The lowest BCUT2D eigenvalue weighted by Crippen LogP contribution is -2.35. The number of likely N-dealkylation sites (tertiary alicyclic amines) is 2. The van der Waals surface area contributed by atoms with Crippen molar-refractivity contribution >= 4 is 0 Å². The van der Waals surface area contributed by atoms with Crippen LogP contribution in [0.1, 0.15) is 136 Å². The Bertz CT molecular complexity index is 344. The molecular formula is C29H58N2. The summed E-state index contributed by atoms with van der Waals surface area (Å²) in [6, 6.07) is 0. The van der Waals surface area contributed by atoms with E-state index in [1.165, 1.54) is 161 Å². The largest absolute Gasteiger partial charge is 0.303 e. The van der Waals surface area contributed by atoms with Gasteiger partial charge in [-0.1, -0.05) is 97.3 Å². The van der Waals surface area contributed by atoms with Crippen LogP contribution in [0.3, 0.4) is 0 Å². The molecule has 0 aromatic rings. The van der Waals surface area contributed by atoms with Crippen LogP contribution in [-0.2, 0) is 0 Å². The van der Waals surface area contributed by atoms with Crippen molar-refractivity contribution in [2.75, 3.05) is 39.3 Å². The number of unbranched alkanes of at least 4 members (excludes halogenated alkanes) is 10. The van der Waals surface area contributed by atoms with E-state index < -0.39 is 0 Å². The van der Waals surface area contributed by atoms with E-state index in [4.69, 9.17) is 0 Å². The lowest BCUT2D eigenvalue weighted by molar-refractivity contribution is 0.160. The molecule has 2 saturated heterocycles. The second-order valence-corrected chi connectivity index (χ2v) is 11.0. The SMILES string of the molecule is CCCCCCCCN1CCC(CCCC2CCN(CCCCCCCC)CC2)CC1. The third kappa shape index (κ3) is 13.3. The van der Waals surface area contributed by atoms with E-state index in [1.54, 1.807) is 0 Å². The highest BCUT2D eigenvalue weighted by atomic mass is 15.1. The molecule has 2 aliphatic heterocycles. The molecule has 0 aromatic heterocycles. The van der Waals surface area contributed by atoms with Gasteiger partial charge in [-0.2, -0.15) is 0 Å². The molecule has 0 atom stereocenters. The van der Waals surface area contributed by atoms with Crippen LogP contribution in [0.5, 0.6) is 0 Å². The van der Waals surface area contributed by atoms with Gasteiger partial charge in [-0.05, 0) is 89.6 Å². The van der Waals surface area contributed by atoms with Gasteiger partial charge in [-0.3, -0.25) is 0 Å². The van der Waals surface area contributed by atoms with Gasteiger partial charge in [-0.15, -0.1) is 0 Å². The van der Waals surface area contributed by atoms with Crippen molar-refractivity contribution in [3.8, 4) is 0 Å². The van der Waals surface area contributed by atoms with Crippen molar-refractivity contribution < 1.29 is 0 Å². The van der Waals surface area contributed by atoms with E-state index in [2.05, 4.69) is 23.6 Å². The summed E-state index contributed by atoms with van der Waals surface area (Å²) in [5, 5.41) is 0. The molecule has 0 radical (unpaired) electrons. The third-order valence-electron chi connectivity index (χ3n) is 8.29. The van der Waals surface area contributed by atoms with Crippen LogP contribution in [-0.4, -0.2) is 49.1 Å². The molecular weight excluding hydrogens is 376 g/mol. The lowest BCUT2D eigenvalue weighted by atomic mass is 9.87. The van der Waals surface area contributed by atoms with E-state index in [0.29, 0.717) is 0 Å². The lowest BCUT2D eigenvalue weighted by Gasteiger charge is -2.33. The predicted octanol–water partition coefficient (Wildman–Crippen LogP) is 8.30. The molecule has 2 aliphatic rings. The molecule has 0 amide bonds. The molecule has 31 heavy (non-hydrogen) atoms. The topological polar surface area (TPSA) is 6.48 Å². The Morgan fingerprint density at radius 1 is 0.452 bits per heavy atom. The molecule has 0 N–H and O–H groups in total. The van der Waals surface area contributed by atoms with Gasteiger partial charge in [-0.25, -0.2) is 0 Å². The molecule has 0 unspecified atom stereocenters. The van der Waals surface area contributed by atoms with E-state index in [-0.39, 0.29) is 0 Å². The van der Waals surface area contributed by atoms with Gasteiger partial charge in [0.15, 0.2) is 0 Å². The molecule has 2 nitrogen and oxygen atoms in total. The minimum atomic E-state index is 1.04. The first-order valence-electron chi connectivity index (χ1n) is 14.8. The molecule has 0 aromatic carbocycles.